The van der Waals surface area contributed by atoms with Crippen molar-refractivity contribution in [1.82, 2.24) is 0 Å². The van der Waals surface area contributed by atoms with Crippen LogP contribution in [0.4, 0.5) is 0 Å². The lowest BCUT2D eigenvalue weighted by Crippen LogP contribution is -2.20. The molecule has 0 heterocycles. The van der Waals surface area contributed by atoms with Crippen molar-refractivity contribution in [3.05, 3.63) is 23.8 Å². The van der Waals surface area contributed by atoms with Gasteiger partial charge in [0.1, 0.15) is 0 Å². The van der Waals surface area contributed by atoms with Crippen molar-refractivity contribution in [3.8, 4) is 0 Å². The Labute approximate surface area is 98.2 Å². The Hall–Kier alpha value is -0.560. The number of hydrogen-bond donors (Lipinski definition) is 1. The Bertz CT molecular complexity index is 339. The molecule has 0 amide bonds. The third-order valence-corrected chi connectivity index (χ3v) is 5.10. The Morgan fingerprint density at radius 3 is 3.00 bits per heavy atom. The molecule has 88 valence electrons. The molecular formula is C15H22O. The van der Waals surface area contributed by atoms with E-state index in [1.165, 1.54) is 19.3 Å². The topological polar surface area (TPSA) is 20.2 Å². The van der Waals surface area contributed by atoms with Crippen LogP contribution in [-0.2, 0) is 0 Å². The van der Waals surface area contributed by atoms with E-state index in [1.54, 1.807) is 5.57 Å². The standard InChI is InChI=1S/C15H22O/c1-9(10(2)16)6-11-7-12-8-15(11)14-5-3-4-13(12)14/h3,5-6,9-10,12-16H,4,7-8H2,1-2H3/b11-6+/t9-,10+,12+,13-,14-,15+/m0/s1. The summed E-state index contributed by atoms with van der Waals surface area (Å²) in [7, 11) is 0. The monoisotopic (exact) mass is 218 g/mol. The molecule has 0 aromatic heterocycles. The molecule has 1 nitrogen and oxygen atoms in total. The van der Waals surface area contributed by atoms with Gasteiger partial charge in [-0.25, -0.2) is 0 Å². The molecule has 3 rings (SSSR count). The van der Waals surface area contributed by atoms with Crippen molar-refractivity contribution in [2.24, 2.45) is 29.6 Å². The summed E-state index contributed by atoms with van der Waals surface area (Å²) in [5, 5.41) is 9.58. The molecule has 0 aromatic rings. The van der Waals surface area contributed by atoms with Gasteiger partial charge < -0.3 is 5.11 Å². The fourth-order valence-corrected chi connectivity index (χ4v) is 4.05. The predicted molar refractivity (Wildman–Crippen MR) is 65.9 cm³/mol. The quantitative estimate of drug-likeness (QED) is 0.706. The maximum Gasteiger partial charge on any atom is 0.0572 e. The third-order valence-electron chi connectivity index (χ3n) is 5.10. The van der Waals surface area contributed by atoms with Crippen LogP contribution in [-0.4, -0.2) is 11.2 Å². The molecule has 2 saturated carbocycles. The first-order valence-corrected chi connectivity index (χ1v) is 6.72. The Morgan fingerprint density at radius 1 is 1.44 bits per heavy atom. The lowest BCUT2D eigenvalue weighted by atomic mass is 9.78. The smallest absolute Gasteiger partial charge is 0.0572 e. The van der Waals surface area contributed by atoms with Crippen LogP contribution in [0, 0.1) is 29.6 Å². The van der Waals surface area contributed by atoms with E-state index in [-0.39, 0.29) is 6.10 Å². The summed E-state index contributed by atoms with van der Waals surface area (Å²) in [6, 6.07) is 0. The molecule has 0 aromatic carbocycles. The van der Waals surface area contributed by atoms with Crippen molar-refractivity contribution in [2.75, 3.05) is 0 Å². The average Bonchev–Trinajstić information content (AvgIpc) is 2.87. The molecule has 16 heavy (non-hydrogen) atoms. The molecule has 0 saturated heterocycles. The van der Waals surface area contributed by atoms with Gasteiger partial charge in [-0.15, -0.1) is 0 Å². The maximum absolute atomic E-state index is 9.58. The van der Waals surface area contributed by atoms with Crippen LogP contribution >= 0.6 is 0 Å². The summed E-state index contributed by atoms with van der Waals surface area (Å²) in [6.07, 6.45) is 11.0. The van der Waals surface area contributed by atoms with E-state index in [1.807, 2.05) is 6.92 Å². The van der Waals surface area contributed by atoms with Gasteiger partial charge in [0.15, 0.2) is 0 Å². The third kappa shape index (κ3) is 1.48. The highest BCUT2D eigenvalue weighted by Crippen LogP contribution is 2.58. The minimum Gasteiger partial charge on any atom is -0.393 e. The lowest BCUT2D eigenvalue weighted by molar-refractivity contribution is 0.156. The molecule has 0 radical (unpaired) electrons. The Balaban J connectivity index is 1.79. The van der Waals surface area contributed by atoms with Crippen molar-refractivity contribution in [2.45, 2.75) is 39.2 Å². The summed E-state index contributed by atoms with van der Waals surface area (Å²) >= 11 is 0. The van der Waals surface area contributed by atoms with Crippen LogP contribution in [0.15, 0.2) is 23.8 Å². The Morgan fingerprint density at radius 2 is 2.25 bits per heavy atom. The van der Waals surface area contributed by atoms with Crippen LogP contribution in [0.25, 0.3) is 0 Å². The van der Waals surface area contributed by atoms with Crippen LogP contribution in [0.5, 0.6) is 0 Å². The number of aliphatic hydroxyl groups is 1. The molecule has 3 aliphatic rings. The minimum atomic E-state index is -0.207. The molecule has 0 unspecified atom stereocenters. The molecule has 1 N–H and O–H groups in total. The summed E-state index contributed by atoms with van der Waals surface area (Å²) in [5.74, 6) is 3.88. The fraction of sp³-hybridized carbons (Fsp3) is 0.733. The molecule has 1 heteroatoms. The van der Waals surface area contributed by atoms with Crippen LogP contribution in [0.2, 0.25) is 0 Å². The molecule has 0 aliphatic heterocycles. The van der Waals surface area contributed by atoms with E-state index in [0.717, 1.165) is 23.7 Å². The maximum atomic E-state index is 9.58. The fourth-order valence-electron chi connectivity index (χ4n) is 4.05. The van der Waals surface area contributed by atoms with Crippen molar-refractivity contribution in [3.63, 3.8) is 0 Å². The van der Waals surface area contributed by atoms with Gasteiger partial charge in [0.2, 0.25) is 0 Å². The highest BCUT2D eigenvalue weighted by molar-refractivity contribution is 5.27. The van der Waals surface area contributed by atoms with Gasteiger partial charge in [0.05, 0.1) is 6.10 Å². The largest absolute Gasteiger partial charge is 0.393 e. The number of hydrogen-bond acceptors (Lipinski definition) is 1. The predicted octanol–water partition coefficient (Wildman–Crippen LogP) is 3.16. The molecule has 3 aliphatic carbocycles. The Kier molecular flexibility index (Phi) is 2.47. The summed E-state index contributed by atoms with van der Waals surface area (Å²) < 4.78 is 0. The van der Waals surface area contributed by atoms with E-state index in [4.69, 9.17) is 0 Å². The molecule has 6 atom stereocenters. The second-order valence-electron chi connectivity index (χ2n) is 6.05. The number of aliphatic hydroxyl groups excluding tert-OH is 1. The molecule has 2 bridgehead atoms. The van der Waals surface area contributed by atoms with E-state index < -0.39 is 0 Å². The van der Waals surface area contributed by atoms with Crippen LogP contribution in [0.3, 0.4) is 0 Å². The number of rotatable bonds is 2. The SMILES string of the molecule is C[C@@H](O)[C@@H](C)/C=C1\C[C@@H]2C[C@H]1[C@H]1C=CC[C@@H]21. The first-order chi connectivity index (χ1) is 7.66. The summed E-state index contributed by atoms with van der Waals surface area (Å²) in [6.45, 7) is 4.03. The highest BCUT2D eigenvalue weighted by Gasteiger charge is 2.49. The zero-order valence-electron chi connectivity index (χ0n) is 10.3. The van der Waals surface area contributed by atoms with E-state index in [2.05, 4.69) is 25.2 Å². The first-order valence-electron chi connectivity index (χ1n) is 6.72. The normalized spacial score (nSPS) is 46.3. The number of allylic oxidation sites excluding steroid dienone is 3. The van der Waals surface area contributed by atoms with Gasteiger partial charge in [-0.1, -0.05) is 30.7 Å². The minimum absolute atomic E-state index is 0.207. The van der Waals surface area contributed by atoms with E-state index in [0.29, 0.717) is 5.92 Å². The second-order valence-corrected chi connectivity index (χ2v) is 6.05. The number of fused-ring (bicyclic) bond motifs is 5. The highest BCUT2D eigenvalue weighted by atomic mass is 16.3. The lowest BCUT2D eigenvalue weighted by Gasteiger charge is -2.27. The molecular weight excluding hydrogens is 196 g/mol. The average molecular weight is 218 g/mol. The van der Waals surface area contributed by atoms with Gasteiger partial charge in [0, 0.05) is 0 Å². The van der Waals surface area contributed by atoms with Gasteiger partial charge in [-0.3, -0.25) is 0 Å². The molecule has 0 spiro atoms. The van der Waals surface area contributed by atoms with Gasteiger partial charge >= 0.3 is 0 Å². The van der Waals surface area contributed by atoms with Crippen molar-refractivity contribution < 1.29 is 5.11 Å². The first kappa shape index (κ1) is 10.6. The van der Waals surface area contributed by atoms with Gasteiger partial charge in [-0.2, -0.15) is 0 Å². The van der Waals surface area contributed by atoms with Gasteiger partial charge in [-0.05, 0) is 55.8 Å². The summed E-state index contributed by atoms with van der Waals surface area (Å²) in [5.41, 5.74) is 1.64. The van der Waals surface area contributed by atoms with Crippen LogP contribution < -0.4 is 0 Å². The van der Waals surface area contributed by atoms with Crippen molar-refractivity contribution in [1.29, 1.82) is 0 Å². The molecule has 2 fully saturated rings. The second kappa shape index (κ2) is 3.73. The van der Waals surface area contributed by atoms with E-state index in [9.17, 15) is 5.11 Å². The van der Waals surface area contributed by atoms with E-state index >= 15 is 0 Å². The van der Waals surface area contributed by atoms with Crippen LogP contribution in [0.1, 0.15) is 33.1 Å². The zero-order valence-corrected chi connectivity index (χ0v) is 10.3. The zero-order chi connectivity index (χ0) is 11.3. The van der Waals surface area contributed by atoms with Crippen molar-refractivity contribution >= 4 is 0 Å². The summed E-state index contributed by atoms with van der Waals surface area (Å²) in [4.78, 5) is 0. The van der Waals surface area contributed by atoms with Gasteiger partial charge in [0.25, 0.3) is 0 Å².